The smallest absolute Gasteiger partial charge is 0.121 e. The third-order valence-corrected chi connectivity index (χ3v) is 3.90. The van der Waals surface area contributed by atoms with Crippen LogP contribution >= 0.6 is 0 Å². The lowest BCUT2D eigenvalue weighted by Gasteiger charge is -2.10. The van der Waals surface area contributed by atoms with Crippen molar-refractivity contribution >= 4 is 11.9 Å². The van der Waals surface area contributed by atoms with E-state index in [-0.39, 0.29) is 0 Å². The Labute approximate surface area is 119 Å². The fourth-order valence-corrected chi connectivity index (χ4v) is 2.78. The van der Waals surface area contributed by atoms with E-state index in [0.717, 1.165) is 17.0 Å². The van der Waals surface area contributed by atoms with Crippen molar-refractivity contribution in [3.63, 3.8) is 0 Å². The number of aromatic nitrogens is 1. The molecule has 0 radical (unpaired) electrons. The Morgan fingerprint density at radius 3 is 2.90 bits per heavy atom. The second kappa shape index (κ2) is 5.95. The van der Waals surface area contributed by atoms with Gasteiger partial charge in [0.25, 0.3) is 0 Å². The molecule has 0 bridgehead atoms. The summed E-state index contributed by atoms with van der Waals surface area (Å²) in [5, 5.41) is 0. The number of hydrogen-bond donors (Lipinski definition) is 0. The lowest BCUT2D eigenvalue weighted by atomic mass is 10.2. The number of hydrogen-bond acceptors (Lipinski definition) is 2. The molecule has 1 saturated carbocycles. The molecule has 1 aromatic carbocycles. The molecule has 3 rings (SSSR count). The maximum absolute atomic E-state index is 5.20. The number of ether oxygens (including phenoxy) is 1. The van der Waals surface area contributed by atoms with Gasteiger partial charge < -0.3 is 9.30 Å². The number of rotatable bonds is 4. The van der Waals surface area contributed by atoms with Gasteiger partial charge in [0.05, 0.1) is 12.8 Å². The summed E-state index contributed by atoms with van der Waals surface area (Å²) in [5.41, 5.74) is 2.07. The van der Waals surface area contributed by atoms with Gasteiger partial charge >= 0.3 is 0 Å². The Hall–Kier alpha value is -2.03. The molecule has 1 fully saturated rings. The molecule has 0 atom stereocenters. The Morgan fingerprint density at radius 2 is 2.10 bits per heavy atom. The van der Waals surface area contributed by atoms with Crippen molar-refractivity contribution in [1.82, 2.24) is 4.57 Å². The predicted octanol–water partition coefficient (Wildman–Crippen LogP) is 4.36. The van der Waals surface area contributed by atoms with Crippen molar-refractivity contribution in [1.29, 1.82) is 0 Å². The summed E-state index contributed by atoms with van der Waals surface area (Å²) in [6, 6.07) is 10.6. The normalized spacial score (nSPS) is 16.1. The van der Waals surface area contributed by atoms with Crippen LogP contribution in [0.15, 0.2) is 47.7 Å². The molecule has 0 saturated heterocycles. The summed E-state index contributed by atoms with van der Waals surface area (Å²) in [4.78, 5) is 4.51. The Kier molecular flexibility index (Phi) is 3.86. The summed E-state index contributed by atoms with van der Waals surface area (Å²) in [6.45, 7) is 0. The Bertz CT molecular complexity index is 595. The number of benzene rings is 1. The van der Waals surface area contributed by atoms with Gasteiger partial charge in [-0.3, -0.25) is 4.99 Å². The molecule has 0 amide bonds. The lowest BCUT2D eigenvalue weighted by Crippen LogP contribution is -2.00. The van der Waals surface area contributed by atoms with Crippen molar-refractivity contribution in [2.45, 2.75) is 31.7 Å². The summed E-state index contributed by atoms with van der Waals surface area (Å²) >= 11 is 0. The second-order valence-corrected chi connectivity index (χ2v) is 5.29. The molecule has 1 heterocycles. The molecule has 0 unspecified atom stereocenters. The van der Waals surface area contributed by atoms with E-state index in [1.54, 1.807) is 7.11 Å². The van der Waals surface area contributed by atoms with E-state index < -0.39 is 0 Å². The molecule has 104 valence electrons. The summed E-state index contributed by atoms with van der Waals surface area (Å²) in [6.07, 6.45) is 11.6. The standard InChI is InChI=1S/C17H20N2O/c1-20-17-8-4-5-15(11-17)18-12-14-9-10-19(13-14)16-6-2-3-7-16/h4-5,8-13,16H,2-3,6-7H2,1H3. The van der Waals surface area contributed by atoms with Gasteiger partial charge in [-0.05, 0) is 31.0 Å². The first-order valence-electron chi connectivity index (χ1n) is 7.21. The fraction of sp³-hybridized carbons (Fsp3) is 0.353. The first-order chi connectivity index (χ1) is 9.85. The van der Waals surface area contributed by atoms with Crippen molar-refractivity contribution in [3.05, 3.63) is 48.3 Å². The van der Waals surface area contributed by atoms with Crippen LogP contribution in [-0.2, 0) is 0 Å². The molecule has 20 heavy (non-hydrogen) atoms. The zero-order chi connectivity index (χ0) is 13.8. The second-order valence-electron chi connectivity index (χ2n) is 5.29. The molecular formula is C17H20N2O. The van der Waals surface area contributed by atoms with Crippen LogP contribution in [0.4, 0.5) is 5.69 Å². The largest absolute Gasteiger partial charge is 0.497 e. The quantitative estimate of drug-likeness (QED) is 0.757. The zero-order valence-electron chi connectivity index (χ0n) is 11.8. The van der Waals surface area contributed by atoms with Gasteiger partial charge in [-0.2, -0.15) is 0 Å². The van der Waals surface area contributed by atoms with Crippen LogP contribution in [0.25, 0.3) is 0 Å². The van der Waals surface area contributed by atoms with Gasteiger partial charge in [-0.15, -0.1) is 0 Å². The SMILES string of the molecule is COc1cccc(N=Cc2ccn(C3CCCC3)c2)c1. The zero-order valence-corrected chi connectivity index (χ0v) is 11.8. The fourth-order valence-electron chi connectivity index (χ4n) is 2.78. The highest BCUT2D eigenvalue weighted by Crippen LogP contribution is 2.29. The number of methoxy groups -OCH3 is 1. The number of aliphatic imine (C=N–C) groups is 1. The third kappa shape index (κ3) is 2.93. The van der Waals surface area contributed by atoms with Crippen LogP contribution in [0.1, 0.15) is 37.3 Å². The van der Waals surface area contributed by atoms with Gasteiger partial charge in [0.15, 0.2) is 0 Å². The van der Waals surface area contributed by atoms with E-state index in [0.29, 0.717) is 6.04 Å². The minimum atomic E-state index is 0.689. The van der Waals surface area contributed by atoms with Crippen molar-refractivity contribution < 1.29 is 4.74 Å². The van der Waals surface area contributed by atoms with E-state index in [1.165, 1.54) is 25.7 Å². The molecule has 3 heteroatoms. The van der Waals surface area contributed by atoms with Gasteiger partial charge in [0.2, 0.25) is 0 Å². The van der Waals surface area contributed by atoms with Crippen LogP contribution in [0.3, 0.4) is 0 Å². The van der Waals surface area contributed by atoms with E-state index in [9.17, 15) is 0 Å². The maximum atomic E-state index is 5.20. The van der Waals surface area contributed by atoms with Crippen LogP contribution in [0, 0.1) is 0 Å². The van der Waals surface area contributed by atoms with Crippen LogP contribution in [0.2, 0.25) is 0 Å². The summed E-state index contributed by atoms with van der Waals surface area (Å²) < 4.78 is 7.53. The highest BCUT2D eigenvalue weighted by Gasteiger charge is 2.15. The highest BCUT2D eigenvalue weighted by atomic mass is 16.5. The predicted molar refractivity (Wildman–Crippen MR) is 82.2 cm³/mol. The summed E-state index contributed by atoms with van der Waals surface area (Å²) in [5.74, 6) is 0.836. The van der Waals surface area contributed by atoms with Crippen LogP contribution in [0.5, 0.6) is 5.75 Å². The van der Waals surface area contributed by atoms with Gasteiger partial charge in [-0.1, -0.05) is 18.9 Å². The lowest BCUT2D eigenvalue weighted by molar-refractivity contribution is 0.415. The van der Waals surface area contributed by atoms with Crippen molar-refractivity contribution in [2.24, 2.45) is 4.99 Å². The molecule has 0 N–H and O–H groups in total. The van der Waals surface area contributed by atoms with E-state index in [1.807, 2.05) is 30.5 Å². The molecule has 1 aromatic heterocycles. The minimum absolute atomic E-state index is 0.689. The van der Waals surface area contributed by atoms with Crippen molar-refractivity contribution in [2.75, 3.05) is 7.11 Å². The van der Waals surface area contributed by atoms with Gasteiger partial charge in [-0.25, -0.2) is 0 Å². The number of nitrogens with zero attached hydrogens (tertiary/aromatic N) is 2. The average molecular weight is 268 g/mol. The minimum Gasteiger partial charge on any atom is -0.497 e. The molecular weight excluding hydrogens is 248 g/mol. The van der Waals surface area contributed by atoms with E-state index >= 15 is 0 Å². The first-order valence-corrected chi connectivity index (χ1v) is 7.21. The molecule has 0 aliphatic heterocycles. The molecule has 0 spiro atoms. The molecule has 1 aliphatic carbocycles. The van der Waals surface area contributed by atoms with Crippen LogP contribution in [-0.4, -0.2) is 17.9 Å². The Balaban J connectivity index is 1.71. The first kappa shape index (κ1) is 13.0. The van der Waals surface area contributed by atoms with Crippen molar-refractivity contribution in [3.8, 4) is 5.75 Å². The molecule has 3 nitrogen and oxygen atoms in total. The summed E-state index contributed by atoms with van der Waals surface area (Å²) in [7, 11) is 1.67. The third-order valence-electron chi connectivity index (χ3n) is 3.90. The van der Waals surface area contributed by atoms with Gasteiger partial charge in [0, 0.05) is 36.3 Å². The van der Waals surface area contributed by atoms with E-state index in [4.69, 9.17) is 4.74 Å². The molecule has 2 aromatic rings. The Morgan fingerprint density at radius 1 is 1.25 bits per heavy atom. The van der Waals surface area contributed by atoms with Gasteiger partial charge in [0.1, 0.15) is 5.75 Å². The maximum Gasteiger partial charge on any atom is 0.121 e. The van der Waals surface area contributed by atoms with E-state index in [2.05, 4.69) is 28.0 Å². The highest BCUT2D eigenvalue weighted by molar-refractivity contribution is 5.81. The topological polar surface area (TPSA) is 26.5 Å². The molecule has 1 aliphatic rings. The average Bonchev–Trinajstić information content (AvgIpc) is 3.16. The monoisotopic (exact) mass is 268 g/mol. The van der Waals surface area contributed by atoms with Crippen LogP contribution < -0.4 is 4.74 Å².